The van der Waals surface area contributed by atoms with Gasteiger partial charge in [0.15, 0.2) is 0 Å². The molecule has 0 heterocycles. The zero-order valence-electron chi connectivity index (χ0n) is 14.8. The van der Waals surface area contributed by atoms with E-state index >= 15 is 0 Å². The molecule has 0 aromatic heterocycles. The third kappa shape index (κ3) is 7.04. The molecule has 1 N–H and O–H groups in total. The van der Waals surface area contributed by atoms with Crippen molar-refractivity contribution in [1.82, 2.24) is 5.43 Å². The molecule has 0 atom stereocenters. The summed E-state index contributed by atoms with van der Waals surface area (Å²) in [6.07, 6.45) is 1.67. The van der Waals surface area contributed by atoms with Gasteiger partial charge in [0, 0.05) is 10.2 Å². The second-order valence-corrected chi connectivity index (χ2v) is 8.69. The zero-order valence-corrected chi connectivity index (χ0v) is 17.2. The van der Waals surface area contributed by atoms with E-state index in [2.05, 4.69) is 71.5 Å². The van der Waals surface area contributed by atoms with Gasteiger partial charge >= 0.3 is 0 Å². The van der Waals surface area contributed by atoms with Crippen LogP contribution in [-0.2, 0) is 16.0 Å². The summed E-state index contributed by atoms with van der Waals surface area (Å²) < 4.78 is 1.05. The smallest absolute Gasteiger partial charge is 0.250 e. The third-order valence-corrected chi connectivity index (χ3v) is 5.07. The monoisotopic (exact) mass is 418 g/mol. The van der Waals surface area contributed by atoms with E-state index < -0.39 is 0 Å². The summed E-state index contributed by atoms with van der Waals surface area (Å²) in [6, 6.07) is 16.3. The zero-order chi connectivity index (χ0) is 18.3. The van der Waals surface area contributed by atoms with Crippen LogP contribution >= 0.6 is 27.7 Å². The van der Waals surface area contributed by atoms with Gasteiger partial charge in [0.1, 0.15) is 0 Å². The largest absolute Gasteiger partial charge is 0.272 e. The van der Waals surface area contributed by atoms with Crippen LogP contribution in [0.4, 0.5) is 0 Å². The Balaban J connectivity index is 1.75. The van der Waals surface area contributed by atoms with Crippen LogP contribution in [0.15, 0.2) is 58.1 Å². The van der Waals surface area contributed by atoms with Crippen molar-refractivity contribution in [3.63, 3.8) is 0 Å². The van der Waals surface area contributed by atoms with Crippen molar-refractivity contribution in [2.24, 2.45) is 5.10 Å². The van der Waals surface area contributed by atoms with Gasteiger partial charge in [-0.05, 0) is 34.2 Å². The lowest BCUT2D eigenvalue weighted by atomic mass is 9.87. The topological polar surface area (TPSA) is 41.5 Å². The number of carbonyl (C=O) groups excluding carboxylic acids is 1. The Labute approximate surface area is 162 Å². The van der Waals surface area contributed by atoms with Crippen molar-refractivity contribution >= 4 is 39.8 Å². The van der Waals surface area contributed by atoms with Gasteiger partial charge in [0.25, 0.3) is 0 Å². The molecule has 2 aromatic rings. The fourth-order valence-corrected chi connectivity index (χ4v) is 3.38. The molecule has 25 heavy (non-hydrogen) atoms. The van der Waals surface area contributed by atoms with Crippen molar-refractivity contribution in [2.45, 2.75) is 31.9 Å². The lowest BCUT2D eigenvalue weighted by Gasteiger charge is -2.18. The standard InChI is InChI=1S/C20H23BrN2OS/c1-20(2,3)17-9-7-15(8-10-17)12-22-23-19(24)14-25-13-16-5-4-6-18(21)11-16/h4-12H,13-14H2,1-3H3,(H,23,24)/b22-12-. The summed E-state index contributed by atoms with van der Waals surface area (Å²) in [6.45, 7) is 6.55. The molecule has 0 aliphatic carbocycles. The maximum atomic E-state index is 11.8. The number of hydrazone groups is 1. The van der Waals surface area contributed by atoms with Gasteiger partial charge in [0.05, 0.1) is 12.0 Å². The summed E-state index contributed by atoms with van der Waals surface area (Å²) in [5.74, 6) is 1.08. The normalized spacial score (nSPS) is 11.7. The highest BCUT2D eigenvalue weighted by Gasteiger charge is 2.12. The van der Waals surface area contributed by atoms with Gasteiger partial charge in [-0.3, -0.25) is 4.79 Å². The van der Waals surface area contributed by atoms with Crippen molar-refractivity contribution in [1.29, 1.82) is 0 Å². The van der Waals surface area contributed by atoms with Crippen LogP contribution in [0.25, 0.3) is 0 Å². The molecule has 0 bridgehead atoms. The van der Waals surface area contributed by atoms with E-state index in [1.165, 1.54) is 11.1 Å². The molecule has 0 saturated heterocycles. The first-order chi connectivity index (χ1) is 11.8. The molecule has 1 amide bonds. The van der Waals surface area contributed by atoms with E-state index in [1.54, 1.807) is 18.0 Å². The number of hydrogen-bond donors (Lipinski definition) is 1. The molecule has 0 aliphatic heterocycles. The molecule has 0 fully saturated rings. The van der Waals surface area contributed by atoms with E-state index in [-0.39, 0.29) is 11.3 Å². The minimum Gasteiger partial charge on any atom is -0.272 e. The SMILES string of the molecule is CC(C)(C)c1ccc(/C=N\NC(=O)CSCc2cccc(Br)c2)cc1. The first-order valence-corrected chi connectivity index (χ1v) is 10.0. The summed E-state index contributed by atoms with van der Waals surface area (Å²) in [7, 11) is 0. The number of thioether (sulfide) groups is 1. The Kier molecular flexibility index (Phi) is 7.26. The molecular weight excluding hydrogens is 396 g/mol. The number of amides is 1. The van der Waals surface area contributed by atoms with Crippen LogP contribution in [-0.4, -0.2) is 17.9 Å². The highest BCUT2D eigenvalue weighted by atomic mass is 79.9. The van der Waals surface area contributed by atoms with Crippen LogP contribution in [0.1, 0.15) is 37.5 Å². The average molecular weight is 419 g/mol. The molecule has 0 aliphatic rings. The van der Waals surface area contributed by atoms with Gasteiger partial charge < -0.3 is 0 Å². The Hall–Kier alpha value is -1.59. The Morgan fingerprint density at radius 3 is 2.56 bits per heavy atom. The minimum absolute atomic E-state index is 0.0949. The number of carbonyl (C=O) groups is 1. The van der Waals surface area contributed by atoms with E-state index in [9.17, 15) is 4.79 Å². The van der Waals surface area contributed by atoms with Gasteiger partial charge in [-0.1, -0.05) is 73.1 Å². The van der Waals surface area contributed by atoms with Gasteiger partial charge in [0.2, 0.25) is 5.91 Å². The molecule has 5 heteroatoms. The fraction of sp³-hybridized carbons (Fsp3) is 0.300. The highest BCUT2D eigenvalue weighted by molar-refractivity contribution is 9.10. The van der Waals surface area contributed by atoms with Crippen molar-refractivity contribution in [3.8, 4) is 0 Å². The molecule has 3 nitrogen and oxygen atoms in total. The average Bonchev–Trinajstić information content (AvgIpc) is 2.54. The fourth-order valence-electron chi connectivity index (χ4n) is 2.17. The first-order valence-electron chi connectivity index (χ1n) is 8.09. The summed E-state index contributed by atoms with van der Waals surface area (Å²) >= 11 is 5.01. The van der Waals surface area contributed by atoms with Crippen LogP contribution in [0.5, 0.6) is 0 Å². The molecule has 2 rings (SSSR count). The molecule has 132 valence electrons. The number of halogens is 1. The quantitative estimate of drug-likeness (QED) is 0.521. The molecule has 0 unspecified atom stereocenters. The lowest BCUT2D eigenvalue weighted by molar-refractivity contribution is -0.118. The van der Waals surface area contributed by atoms with Gasteiger partial charge in [-0.2, -0.15) is 5.10 Å². The molecule has 2 aromatic carbocycles. The second-order valence-electron chi connectivity index (χ2n) is 6.79. The van der Waals surface area contributed by atoms with Crippen LogP contribution in [0, 0.1) is 0 Å². The Bertz CT molecular complexity index is 736. The van der Waals surface area contributed by atoms with Gasteiger partial charge in [-0.25, -0.2) is 5.43 Å². The third-order valence-electron chi connectivity index (χ3n) is 3.57. The Morgan fingerprint density at radius 2 is 1.92 bits per heavy atom. The Morgan fingerprint density at radius 1 is 1.20 bits per heavy atom. The molecule has 0 saturated carbocycles. The predicted octanol–water partition coefficient (Wildman–Crippen LogP) is 5.13. The van der Waals surface area contributed by atoms with E-state index in [0.29, 0.717) is 5.75 Å². The number of hydrogen-bond acceptors (Lipinski definition) is 3. The molecular formula is C20H23BrN2OS. The first kappa shape index (κ1) is 19.7. The maximum Gasteiger partial charge on any atom is 0.250 e. The lowest BCUT2D eigenvalue weighted by Crippen LogP contribution is -2.19. The number of nitrogens with one attached hydrogen (secondary N) is 1. The number of benzene rings is 2. The minimum atomic E-state index is -0.0949. The van der Waals surface area contributed by atoms with Crippen LogP contribution in [0.3, 0.4) is 0 Å². The molecule has 0 radical (unpaired) electrons. The van der Waals surface area contributed by atoms with E-state index in [1.807, 2.05) is 24.3 Å². The number of rotatable bonds is 6. The number of nitrogens with zero attached hydrogens (tertiary/aromatic N) is 1. The second kappa shape index (κ2) is 9.20. The van der Waals surface area contributed by atoms with Crippen molar-refractivity contribution in [3.05, 3.63) is 69.7 Å². The summed E-state index contributed by atoms with van der Waals surface area (Å²) in [4.78, 5) is 11.8. The van der Waals surface area contributed by atoms with Crippen molar-refractivity contribution < 1.29 is 4.79 Å². The maximum absolute atomic E-state index is 11.8. The van der Waals surface area contributed by atoms with Crippen LogP contribution in [0.2, 0.25) is 0 Å². The van der Waals surface area contributed by atoms with Crippen LogP contribution < -0.4 is 5.43 Å². The molecule has 0 spiro atoms. The summed E-state index contributed by atoms with van der Waals surface area (Å²) in [5.41, 5.74) is 6.14. The van der Waals surface area contributed by atoms with E-state index in [0.717, 1.165) is 15.8 Å². The summed E-state index contributed by atoms with van der Waals surface area (Å²) in [5, 5.41) is 4.03. The van der Waals surface area contributed by atoms with Crippen molar-refractivity contribution in [2.75, 3.05) is 5.75 Å². The van der Waals surface area contributed by atoms with Gasteiger partial charge in [-0.15, -0.1) is 11.8 Å². The van der Waals surface area contributed by atoms with E-state index in [4.69, 9.17) is 0 Å². The predicted molar refractivity (Wildman–Crippen MR) is 111 cm³/mol. The highest BCUT2D eigenvalue weighted by Crippen LogP contribution is 2.21.